The Morgan fingerprint density at radius 3 is 2.67 bits per heavy atom. The molecule has 0 amide bonds. The molecular formula is C10H9ClFN3. The van der Waals surface area contributed by atoms with E-state index >= 15 is 0 Å². The maximum Gasteiger partial charge on any atom is 0.153 e. The fraction of sp³-hybridized carbons (Fsp3) is 0.100. The van der Waals surface area contributed by atoms with Crippen molar-refractivity contribution >= 4 is 17.4 Å². The molecule has 78 valence electrons. The van der Waals surface area contributed by atoms with E-state index in [1.807, 2.05) is 0 Å². The molecule has 0 aliphatic rings. The summed E-state index contributed by atoms with van der Waals surface area (Å²) in [6, 6.07) is 4.46. The van der Waals surface area contributed by atoms with Gasteiger partial charge >= 0.3 is 0 Å². The summed E-state index contributed by atoms with van der Waals surface area (Å²) in [7, 11) is 1.73. The van der Waals surface area contributed by atoms with E-state index in [0.29, 0.717) is 22.0 Å². The zero-order valence-electron chi connectivity index (χ0n) is 8.04. The van der Waals surface area contributed by atoms with Crippen LogP contribution in [0, 0.1) is 5.82 Å². The number of hydrogen-bond acceptors (Lipinski definition) is 2. The van der Waals surface area contributed by atoms with Gasteiger partial charge in [0.2, 0.25) is 0 Å². The van der Waals surface area contributed by atoms with Gasteiger partial charge in [-0.2, -0.15) is 5.10 Å². The van der Waals surface area contributed by atoms with E-state index in [-0.39, 0.29) is 0 Å². The van der Waals surface area contributed by atoms with Gasteiger partial charge in [-0.1, -0.05) is 11.6 Å². The minimum Gasteiger partial charge on any atom is -0.382 e. The van der Waals surface area contributed by atoms with Crippen LogP contribution in [-0.4, -0.2) is 9.78 Å². The molecule has 0 saturated carbocycles. The van der Waals surface area contributed by atoms with Crippen molar-refractivity contribution in [2.24, 2.45) is 7.05 Å². The van der Waals surface area contributed by atoms with Crippen LogP contribution in [0.15, 0.2) is 24.4 Å². The van der Waals surface area contributed by atoms with Crippen molar-refractivity contribution in [2.75, 3.05) is 5.73 Å². The van der Waals surface area contributed by atoms with E-state index < -0.39 is 5.82 Å². The summed E-state index contributed by atoms with van der Waals surface area (Å²) in [5.41, 5.74) is 6.63. The van der Waals surface area contributed by atoms with Gasteiger partial charge in [-0.25, -0.2) is 4.39 Å². The Balaban J connectivity index is 2.59. The van der Waals surface area contributed by atoms with Gasteiger partial charge in [0.05, 0.1) is 0 Å². The first kappa shape index (κ1) is 9.98. The lowest BCUT2D eigenvalue weighted by atomic mass is 10.1. The van der Waals surface area contributed by atoms with Gasteiger partial charge in [0.1, 0.15) is 5.82 Å². The van der Waals surface area contributed by atoms with Crippen LogP contribution < -0.4 is 5.73 Å². The lowest BCUT2D eigenvalue weighted by molar-refractivity contribution is 0.631. The van der Waals surface area contributed by atoms with E-state index in [0.717, 1.165) is 0 Å². The highest BCUT2D eigenvalue weighted by molar-refractivity contribution is 6.30. The molecule has 0 atom stereocenters. The van der Waals surface area contributed by atoms with Crippen LogP contribution in [0.25, 0.3) is 11.1 Å². The Bertz CT molecular complexity index is 507. The van der Waals surface area contributed by atoms with E-state index in [1.165, 1.54) is 6.07 Å². The van der Waals surface area contributed by atoms with Crippen molar-refractivity contribution in [3.63, 3.8) is 0 Å². The second kappa shape index (κ2) is 3.55. The maximum absolute atomic E-state index is 13.5. The highest BCUT2D eigenvalue weighted by Crippen LogP contribution is 2.28. The van der Waals surface area contributed by atoms with Crippen molar-refractivity contribution in [3.05, 3.63) is 35.2 Å². The minimum atomic E-state index is -0.401. The molecule has 2 aromatic rings. The molecule has 15 heavy (non-hydrogen) atoms. The van der Waals surface area contributed by atoms with Crippen molar-refractivity contribution in [3.8, 4) is 11.1 Å². The van der Waals surface area contributed by atoms with E-state index in [9.17, 15) is 4.39 Å². The third kappa shape index (κ3) is 1.80. The number of hydrogen-bond donors (Lipinski definition) is 1. The second-order valence-electron chi connectivity index (χ2n) is 3.23. The molecule has 0 bridgehead atoms. The van der Waals surface area contributed by atoms with Crippen molar-refractivity contribution in [2.45, 2.75) is 0 Å². The van der Waals surface area contributed by atoms with E-state index in [4.69, 9.17) is 17.3 Å². The number of aryl methyl sites for hydroxylation is 1. The predicted molar refractivity (Wildman–Crippen MR) is 58.0 cm³/mol. The molecule has 2 rings (SSSR count). The zero-order valence-corrected chi connectivity index (χ0v) is 8.79. The predicted octanol–water partition coefficient (Wildman–Crippen LogP) is 2.46. The van der Waals surface area contributed by atoms with Gasteiger partial charge < -0.3 is 5.73 Å². The number of aromatic nitrogens is 2. The van der Waals surface area contributed by atoms with Gasteiger partial charge in [0.25, 0.3) is 0 Å². The quantitative estimate of drug-likeness (QED) is 0.810. The largest absolute Gasteiger partial charge is 0.382 e. The van der Waals surface area contributed by atoms with Gasteiger partial charge in [0, 0.05) is 29.4 Å². The molecule has 0 unspecified atom stereocenters. The SMILES string of the molecule is Cn1cc(-c2ccc(Cl)cc2F)c(N)n1. The smallest absolute Gasteiger partial charge is 0.153 e. The van der Waals surface area contributed by atoms with Gasteiger partial charge in [-0.05, 0) is 18.2 Å². The number of halogens is 2. The van der Waals surface area contributed by atoms with Gasteiger partial charge in [-0.3, -0.25) is 4.68 Å². The third-order valence-electron chi connectivity index (χ3n) is 2.08. The maximum atomic E-state index is 13.5. The standard InChI is InChI=1S/C10H9ClFN3/c1-15-5-8(10(13)14-15)7-3-2-6(11)4-9(7)12/h2-5H,1H3,(H2,13,14). The van der Waals surface area contributed by atoms with Crippen LogP contribution in [0.4, 0.5) is 10.2 Å². The van der Waals surface area contributed by atoms with Crippen LogP contribution in [0.1, 0.15) is 0 Å². The van der Waals surface area contributed by atoms with Crippen molar-refractivity contribution in [1.29, 1.82) is 0 Å². The van der Waals surface area contributed by atoms with Gasteiger partial charge in [0.15, 0.2) is 5.82 Å². The van der Waals surface area contributed by atoms with Crippen LogP contribution in [-0.2, 0) is 7.05 Å². The fourth-order valence-electron chi connectivity index (χ4n) is 1.42. The summed E-state index contributed by atoms with van der Waals surface area (Å²) in [4.78, 5) is 0. The van der Waals surface area contributed by atoms with Gasteiger partial charge in [-0.15, -0.1) is 0 Å². The molecule has 2 N–H and O–H groups in total. The first-order valence-corrected chi connectivity index (χ1v) is 4.70. The molecule has 1 heterocycles. The minimum absolute atomic E-state index is 0.304. The lowest BCUT2D eigenvalue weighted by Crippen LogP contribution is -1.91. The van der Waals surface area contributed by atoms with E-state index in [2.05, 4.69) is 5.10 Å². The third-order valence-corrected chi connectivity index (χ3v) is 2.31. The Morgan fingerprint density at radius 1 is 1.40 bits per heavy atom. The monoisotopic (exact) mass is 225 g/mol. The highest BCUT2D eigenvalue weighted by Gasteiger charge is 2.11. The van der Waals surface area contributed by atoms with Crippen molar-refractivity contribution < 1.29 is 4.39 Å². The normalized spacial score (nSPS) is 10.6. The molecule has 0 saturated heterocycles. The van der Waals surface area contributed by atoms with Crippen LogP contribution in [0.2, 0.25) is 5.02 Å². The second-order valence-corrected chi connectivity index (χ2v) is 3.66. The Hall–Kier alpha value is -1.55. The lowest BCUT2D eigenvalue weighted by Gasteiger charge is -2.01. The zero-order chi connectivity index (χ0) is 11.0. The average molecular weight is 226 g/mol. The molecule has 1 aromatic carbocycles. The number of nitrogen functional groups attached to an aromatic ring is 1. The van der Waals surface area contributed by atoms with Crippen LogP contribution in [0.5, 0.6) is 0 Å². The molecule has 3 nitrogen and oxygen atoms in total. The molecule has 0 spiro atoms. The summed E-state index contributed by atoms with van der Waals surface area (Å²) in [5.74, 6) is -0.0964. The number of nitrogens with zero attached hydrogens (tertiary/aromatic N) is 2. The number of anilines is 1. The summed E-state index contributed by atoms with van der Waals surface area (Å²) >= 11 is 5.66. The molecule has 0 fully saturated rings. The number of nitrogens with two attached hydrogens (primary N) is 1. The number of rotatable bonds is 1. The van der Waals surface area contributed by atoms with Crippen molar-refractivity contribution in [1.82, 2.24) is 9.78 Å². The molecule has 5 heteroatoms. The molecular weight excluding hydrogens is 217 g/mol. The van der Waals surface area contributed by atoms with Crippen LogP contribution >= 0.6 is 11.6 Å². The summed E-state index contributed by atoms with van der Waals surface area (Å²) in [6.45, 7) is 0. The van der Waals surface area contributed by atoms with E-state index in [1.54, 1.807) is 30.1 Å². The Labute approximate surface area is 91.3 Å². The Morgan fingerprint density at radius 2 is 2.13 bits per heavy atom. The number of benzene rings is 1. The first-order valence-electron chi connectivity index (χ1n) is 4.32. The topological polar surface area (TPSA) is 43.8 Å². The summed E-state index contributed by atoms with van der Waals surface area (Å²) < 4.78 is 15.1. The Kier molecular flexibility index (Phi) is 2.36. The summed E-state index contributed by atoms with van der Waals surface area (Å²) in [5, 5.41) is 4.31. The molecule has 0 aliphatic heterocycles. The van der Waals surface area contributed by atoms with Crippen LogP contribution in [0.3, 0.4) is 0 Å². The molecule has 1 aromatic heterocycles. The molecule has 0 aliphatic carbocycles. The highest BCUT2D eigenvalue weighted by atomic mass is 35.5. The average Bonchev–Trinajstić information content (AvgIpc) is 2.45. The first-order chi connectivity index (χ1) is 7.08. The summed E-state index contributed by atoms with van der Waals surface area (Å²) in [6.07, 6.45) is 1.67. The fourth-order valence-corrected chi connectivity index (χ4v) is 1.58. The molecule has 0 radical (unpaired) electrons.